The van der Waals surface area contributed by atoms with E-state index in [-0.39, 0.29) is 24.6 Å². The van der Waals surface area contributed by atoms with Crippen molar-refractivity contribution in [2.75, 3.05) is 12.9 Å². The molecule has 0 spiro atoms. The van der Waals surface area contributed by atoms with Crippen molar-refractivity contribution in [3.8, 4) is 5.75 Å². The summed E-state index contributed by atoms with van der Waals surface area (Å²) in [5, 5.41) is 0. The van der Waals surface area contributed by atoms with Gasteiger partial charge < -0.3 is 9.47 Å². The van der Waals surface area contributed by atoms with Crippen molar-refractivity contribution in [1.82, 2.24) is 4.57 Å². The largest absolute Gasteiger partial charge is 0.487 e. The van der Waals surface area contributed by atoms with Gasteiger partial charge >= 0.3 is 5.97 Å². The Morgan fingerprint density at radius 1 is 1.09 bits per heavy atom. The smallest absolute Gasteiger partial charge is 0.338 e. The third-order valence-corrected chi connectivity index (χ3v) is 10.4. The summed E-state index contributed by atoms with van der Waals surface area (Å²) in [7, 11) is 0. The van der Waals surface area contributed by atoms with Gasteiger partial charge in [0.2, 0.25) is 0 Å². The molecule has 4 aromatic carbocycles. The number of fused-ring (bicyclic) bond motifs is 1. The summed E-state index contributed by atoms with van der Waals surface area (Å²) in [6, 6.07) is 26.7. The maximum Gasteiger partial charge on any atom is 0.338 e. The van der Waals surface area contributed by atoms with Gasteiger partial charge in [-0.25, -0.2) is 14.2 Å². The second-order valence-electron chi connectivity index (χ2n) is 10.4. The maximum atomic E-state index is 14.4. The lowest BCUT2D eigenvalue weighted by Gasteiger charge is -2.26. The number of thiazole rings is 1. The first-order valence-corrected chi connectivity index (χ1v) is 18.5. The summed E-state index contributed by atoms with van der Waals surface area (Å²) in [6.45, 7) is 1.94. The van der Waals surface area contributed by atoms with Crippen molar-refractivity contribution in [2.45, 2.75) is 24.5 Å². The lowest BCUT2D eigenvalue weighted by molar-refractivity contribution is -0.138. The van der Waals surface area contributed by atoms with Crippen LogP contribution < -0.4 is 19.6 Å². The minimum absolute atomic E-state index is 0.0156. The summed E-state index contributed by atoms with van der Waals surface area (Å²) < 4.78 is 29.7. The summed E-state index contributed by atoms with van der Waals surface area (Å²) in [6.07, 6.45) is 3.75. The number of hydrogen-bond donors (Lipinski definition) is 0. The first kappa shape index (κ1) is 33.4. The SMILES string of the molecule is CCOC(=O)C1=C(c2ccccc2)N=c2s/c(=C\c3cc(Br)cc(I)c3OCc3ccccc3F)c(=O)n2[C@@H]1c1ccc(SC)cc1. The molecule has 0 unspecified atom stereocenters. The summed E-state index contributed by atoms with van der Waals surface area (Å²) >= 11 is 8.57. The Labute approximate surface area is 300 Å². The van der Waals surface area contributed by atoms with Gasteiger partial charge in [0.1, 0.15) is 18.2 Å². The first-order valence-electron chi connectivity index (χ1n) is 14.6. The molecular weight excluding hydrogens is 814 g/mol. The number of halogens is 3. The Hall–Kier alpha value is -3.52. The highest BCUT2D eigenvalue weighted by Crippen LogP contribution is 2.36. The second kappa shape index (κ2) is 14.7. The molecule has 1 aliphatic rings. The molecule has 1 aliphatic heterocycles. The van der Waals surface area contributed by atoms with Gasteiger partial charge in [-0.1, -0.05) is 87.9 Å². The lowest BCUT2D eigenvalue weighted by Crippen LogP contribution is -2.40. The van der Waals surface area contributed by atoms with Crippen LogP contribution in [-0.4, -0.2) is 23.4 Å². The van der Waals surface area contributed by atoms with E-state index in [2.05, 4.69) is 38.5 Å². The standard InChI is InChI=1S/C36H27BrFIN2O4S2/c1-3-44-35(43)30-31(21-9-5-4-6-10-21)40-36-41(32(30)22-13-15-26(46-2)16-14-22)34(42)29(47-36)18-24-17-25(37)19-28(39)33(24)45-20-23-11-7-8-12-27(23)38/h4-19,32H,3,20H2,1-2H3/b29-18-/t32-/m1/s1. The molecule has 1 aromatic heterocycles. The summed E-state index contributed by atoms with van der Waals surface area (Å²) in [4.78, 5) is 34.6. The molecule has 0 radical (unpaired) electrons. The lowest BCUT2D eigenvalue weighted by atomic mass is 9.93. The van der Waals surface area contributed by atoms with E-state index in [0.29, 0.717) is 37.5 Å². The highest BCUT2D eigenvalue weighted by molar-refractivity contribution is 14.1. The Kier molecular flexibility index (Phi) is 10.5. The van der Waals surface area contributed by atoms with E-state index in [9.17, 15) is 14.0 Å². The molecule has 6 nitrogen and oxygen atoms in total. The van der Waals surface area contributed by atoms with Crippen molar-refractivity contribution < 1.29 is 18.7 Å². The Bertz CT molecular complexity index is 2180. The van der Waals surface area contributed by atoms with Gasteiger partial charge in [0, 0.05) is 26.1 Å². The molecule has 238 valence electrons. The average Bonchev–Trinajstić information content (AvgIpc) is 3.38. The molecule has 47 heavy (non-hydrogen) atoms. The minimum Gasteiger partial charge on any atom is -0.487 e. The van der Waals surface area contributed by atoms with Gasteiger partial charge in [-0.2, -0.15) is 0 Å². The van der Waals surface area contributed by atoms with Crippen LogP contribution in [-0.2, 0) is 16.1 Å². The van der Waals surface area contributed by atoms with Crippen molar-refractivity contribution in [2.24, 2.45) is 4.99 Å². The molecule has 0 saturated carbocycles. The molecule has 6 rings (SSSR count). The van der Waals surface area contributed by atoms with E-state index in [1.807, 2.05) is 73.0 Å². The van der Waals surface area contributed by atoms with Crippen LogP contribution in [0, 0.1) is 9.39 Å². The van der Waals surface area contributed by atoms with Crippen LogP contribution in [0.5, 0.6) is 5.75 Å². The van der Waals surface area contributed by atoms with E-state index in [0.717, 1.165) is 24.1 Å². The fourth-order valence-corrected chi connectivity index (χ4v) is 8.39. The summed E-state index contributed by atoms with van der Waals surface area (Å²) in [5.74, 6) is -0.371. The van der Waals surface area contributed by atoms with Crippen molar-refractivity contribution >= 4 is 79.4 Å². The molecular formula is C36H27BrFIN2O4S2. The minimum atomic E-state index is -0.780. The van der Waals surface area contributed by atoms with Crippen LogP contribution in [0.2, 0.25) is 0 Å². The zero-order valence-corrected chi connectivity index (χ0v) is 30.6. The van der Waals surface area contributed by atoms with E-state index < -0.39 is 12.0 Å². The number of nitrogens with zero attached hydrogens (tertiary/aromatic N) is 2. The topological polar surface area (TPSA) is 69.9 Å². The third kappa shape index (κ3) is 7.03. The predicted molar refractivity (Wildman–Crippen MR) is 197 cm³/mol. The molecule has 0 saturated heterocycles. The van der Waals surface area contributed by atoms with E-state index >= 15 is 0 Å². The van der Waals surface area contributed by atoms with Crippen LogP contribution in [0.4, 0.5) is 4.39 Å². The number of aromatic nitrogens is 1. The normalized spacial score (nSPS) is 14.5. The fraction of sp³-hybridized carbons (Fsp3) is 0.139. The van der Waals surface area contributed by atoms with E-state index in [1.165, 1.54) is 17.4 Å². The van der Waals surface area contributed by atoms with Gasteiger partial charge in [0.15, 0.2) is 4.80 Å². The van der Waals surface area contributed by atoms with Gasteiger partial charge in [-0.3, -0.25) is 9.36 Å². The predicted octanol–water partition coefficient (Wildman–Crippen LogP) is 7.74. The molecule has 0 bridgehead atoms. The third-order valence-electron chi connectivity index (χ3n) is 7.46. The van der Waals surface area contributed by atoms with Gasteiger partial charge in [0.05, 0.1) is 32.0 Å². The molecule has 0 aliphatic carbocycles. The molecule has 0 amide bonds. The quantitative estimate of drug-likeness (QED) is 0.0864. The van der Waals surface area contributed by atoms with Crippen LogP contribution in [0.1, 0.15) is 35.2 Å². The van der Waals surface area contributed by atoms with Crippen molar-refractivity contribution in [1.29, 1.82) is 0 Å². The van der Waals surface area contributed by atoms with Gasteiger partial charge in [-0.05, 0) is 77.7 Å². The zero-order chi connectivity index (χ0) is 33.1. The van der Waals surface area contributed by atoms with Gasteiger partial charge in [-0.15, -0.1) is 11.8 Å². The number of benzene rings is 4. The number of esters is 1. The molecule has 11 heteroatoms. The number of carbonyl (C=O) groups excluding carboxylic acids is 1. The van der Waals surface area contributed by atoms with E-state index in [1.54, 1.807) is 47.5 Å². The highest BCUT2D eigenvalue weighted by atomic mass is 127. The Morgan fingerprint density at radius 3 is 2.51 bits per heavy atom. The Morgan fingerprint density at radius 2 is 1.81 bits per heavy atom. The monoisotopic (exact) mass is 840 g/mol. The molecule has 5 aromatic rings. The molecule has 0 N–H and O–H groups in total. The van der Waals surface area contributed by atoms with Crippen LogP contribution >= 0.6 is 61.6 Å². The highest BCUT2D eigenvalue weighted by Gasteiger charge is 2.35. The van der Waals surface area contributed by atoms with Crippen LogP contribution in [0.25, 0.3) is 11.8 Å². The number of carbonyl (C=O) groups is 1. The van der Waals surface area contributed by atoms with Crippen molar-refractivity contribution in [3.05, 3.63) is 152 Å². The molecule has 2 heterocycles. The van der Waals surface area contributed by atoms with Crippen molar-refractivity contribution in [3.63, 3.8) is 0 Å². The zero-order valence-electron chi connectivity index (χ0n) is 25.2. The second-order valence-corrected chi connectivity index (χ2v) is 14.4. The average molecular weight is 842 g/mol. The van der Waals surface area contributed by atoms with Crippen LogP contribution in [0.3, 0.4) is 0 Å². The fourth-order valence-electron chi connectivity index (χ4n) is 5.29. The summed E-state index contributed by atoms with van der Waals surface area (Å²) in [5.41, 5.74) is 3.00. The number of rotatable bonds is 9. The first-order chi connectivity index (χ1) is 22.8. The number of thioether (sulfide) groups is 1. The molecule has 1 atom stereocenters. The number of ether oxygens (including phenoxy) is 2. The maximum absolute atomic E-state index is 14.4. The Balaban J connectivity index is 1.56. The van der Waals surface area contributed by atoms with E-state index in [4.69, 9.17) is 14.5 Å². The number of hydrogen-bond acceptors (Lipinski definition) is 7. The van der Waals surface area contributed by atoms with Crippen LogP contribution in [0.15, 0.2) is 116 Å². The molecule has 0 fully saturated rings. The van der Waals surface area contributed by atoms with Gasteiger partial charge in [0.25, 0.3) is 5.56 Å².